The minimum Gasteiger partial charge on any atom is -0.465 e. The van der Waals surface area contributed by atoms with Crippen LogP contribution in [0, 0.1) is 0 Å². The Morgan fingerprint density at radius 1 is 1.15 bits per heavy atom. The molecule has 0 aliphatic carbocycles. The van der Waals surface area contributed by atoms with E-state index in [9.17, 15) is 9.59 Å². The monoisotopic (exact) mass is 542 g/mol. The highest BCUT2D eigenvalue weighted by molar-refractivity contribution is 6.31. The smallest absolute Gasteiger partial charge is 0.407 e. The molecule has 196 valence electrons. The van der Waals surface area contributed by atoms with E-state index in [1.165, 1.54) is 18.3 Å². The fourth-order valence-electron chi connectivity index (χ4n) is 5.00. The second-order valence-corrected chi connectivity index (χ2v) is 9.87. The molecule has 0 spiro atoms. The molecule has 0 unspecified atom stereocenters. The Balaban J connectivity index is 1.28. The predicted octanol–water partition coefficient (Wildman–Crippen LogP) is 4.18. The van der Waals surface area contributed by atoms with E-state index < -0.39 is 6.09 Å². The van der Waals surface area contributed by atoms with Crippen LogP contribution in [-0.4, -0.2) is 57.9 Å². The second-order valence-electron chi connectivity index (χ2n) is 9.43. The van der Waals surface area contributed by atoms with Gasteiger partial charge in [0.25, 0.3) is 5.56 Å². The third-order valence-corrected chi connectivity index (χ3v) is 7.16. The van der Waals surface area contributed by atoms with Gasteiger partial charge in [-0.05, 0) is 64.2 Å². The Bertz CT molecular complexity index is 1730. The van der Waals surface area contributed by atoms with E-state index in [1.807, 2.05) is 36.4 Å². The molecule has 2 aromatic carbocycles. The van der Waals surface area contributed by atoms with Crippen molar-refractivity contribution in [2.24, 2.45) is 0 Å². The SMILES string of the molecule is CN(Cc1ccc(-c2cnc([C@@H]3CCc4cc(-c5cc(Cl)ccc5-n5cnnn5)cc(=O)n43)[nH]2)cc1)C(=O)O. The summed E-state index contributed by atoms with van der Waals surface area (Å²) in [5.41, 5.74) is 5.65. The van der Waals surface area contributed by atoms with Crippen molar-refractivity contribution in [2.75, 3.05) is 7.05 Å². The molecule has 3 aromatic heterocycles. The molecular weight excluding hydrogens is 520 g/mol. The average Bonchev–Trinajstić information content (AvgIpc) is 3.70. The van der Waals surface area contributed by atoms with Crippen LogP contribution in [0.4, 0.5) is 4.79 Å². The first kappa shape index (κ1) is 24.6. The quantitative estimate of drug-likeness (QED) is 0.328. The Hall–Kier alpha value is -4.77. The Kier molecular flexibility index (Phi) is 6.20. The number of imidazole rings is 1. The first-order valence-electron chi connectivity index (χ1n) is 12.2. The molecular formula is C27H23ClN8O3. The molecule has 6 rings (SSSR count). The number of H-pyrrole nitrogens is 1. The van der Waals surface area contributed by atoms with Crippen LogP contribution in [0.5, 0.6) is 0 Å². The number of tetrazole rings is 1. The van der Waals surface area contributed by atoms with Gasteiger partial charge in [-0.2, -0.15) is 4.68 Å². The molecule has 12 heteroatoms. The van der Waals surface area contributed by atoms with Crippen LogP contribution in [-0.2, 0) is 13.0 Å². The lowest BCUT2D eigenvalue weighted by atomic mass is 10.0. The third-order valence-electron chi connectivity index (χ3n) is 6.92. The zero-order valence-corrected chi connectivity index (χ0v) is 21.6. The van der Waals surface area contributed by atoms with Gasteiger partial charge in [0.15, 0.2) is 0 Å². The number of halogens is 1. The number of aromatic nitrogens is 7. The van der Waals surface area contributed by atoms with Crippen LogP contribution in [0.2, 0.25) is 5.02 Å². The molecule has 1 aliphatic heterocycles. The zero-order chi connectivity index (χ0) is 27.1. The number of carbonyl (C=O) groups is 1. The summed E-state index contributed by atoms with van der Waals surface area (Å²) in [6, 6.07) is 16.4. The highest BCUT2D eigenvalue weighted by Gasteiger charge is 2.28. The number of amides is 1. The molecule has 0 saturated heterocycles. The number of aryl methyl sites for hydroxylation is 1. The molecule has 2 N–H and O–H groups in total. The number of pyridine rings is 1. The van der Waals surface area contributed by atoms with Gasteiger partial charge in [-0.3, -0.25) is 4.79 Å². The van der Waals surface area contributed by atoms with E-state index in [4.69, 9.17) is 16.7 Å². The number of aromatic amines is 1. The largest absolute Gasteiger partial charge is 0.465 e. The van der Waals surface area contributed by atoms with Gasteiger partial charge < -0.3 is 19.6 Å². The summed E-state index contributed by atoms with van der Waals surface area (Å²) in [6.07, 6.45) is 3.74. The van der Waals surface area contributed by atoms with Crippen LogP contribution in [0.3, 0.4) is 0 Å². The number of nitrogens with zero attached hydrogens (tertiary/aromatic N) is 7. The molecule has 0 bridgehead atoms. The van der Waals surface area contributed by atoms with E-state index in [0.717, 1.165) is 52.2 Å². The van der Waals surface area contributed by atoms with Crippen molar-refractivity contribution >= 4 is 17.7 Å². The van der Waals surface area contributed by atoms with Gasteiger partial charge in [-0.1, -0.05) is 35.9 Å². The number of benzene rings is 2. The summed E-state index contributed by atoms with van der Waals surface area (Å²) in [4.78, 5) is 33.7. The highest BCUT2D eigenvalue weighted by Crippen LogP contribution is 2.34. The Morgan fingerprint density at radius 3 is 2.72 bits per heavy atom. The summed E-state index contributed by atoms with van der Waals surface area (Å²) in [7, 11) is 1.53. The van der Waals surface area contributed by atoms with Gasteiger partial charge in [0.05, 0.1) is 23.6 Å². The van der Waals surface area contributed by atoms with Gasteiger partial charge in [0.2, 0.25) is 0 Å². The summed E-state index contributed by atoms with van der Waals surface area (Å²) >= 11 is 6.30. The molecule has 0 radical (unpaired) electrons. The lowest BCUT2D eigenvalue weighted by Gasteiger charge is -2.15. The van der Waals surface area contributed by atoms with Crippen LogP contribution < -0.4 is 5.56 Å². The van der Waals surface area contributed by atoms with Crippen LogP contribution in [0.25, 0.3) is 28.1 Å². The lowest BCUT2D eigenvalue weighted by molar-refractivity contribution is 0.154. The zero-order valence-electron chi connectivity index (χ0n) is 20.8. The number of carboxylic acid groups (broad SMARTS) is 1. The van der Waals surface area contributed by atoms with Crippen molar-refractivity contribution < 1.29 is 9.90 Å². The maximum atomic E-state index is 13.4. The number of hydrogen-bond acceptors (Lipinski definition) is 6. The van der Waals surface area contributed by atoms with Gasteiger partial charge >= 0.3 is 6.09 Å². The number of nitrogens with one attached hydrogen (secondary N) is 1. The maximum absolute atomic E-state index is 13.4. The molecule has 1 amide bonds. The topological polar surface area (TPSA) is 135 Å². The molecule has 5 aromatic rings. The Labute approximate surface area is 227 Å². The molecule has 0 fully saturated rings. The number of hydrogen-bond donors (Lipinski definition) is 2. The molecule has 1 atom stereocenters. The van der Waals surface area contributed by atoms with Crippen molar-refractivity contribution in [1.29, 1.82) is 0 Å². The summed E-state index contributed by atoms with van der Waals surface area (Å²) in [5, 5.41) is 21.1. The number of rotatable bonds is 6. The lowest BCUT2D eigenvalue weighted by Crippen LogP contribution is -2.24. The van der Waals surface area contributed by atoms with Gasteiger partial charge in [-0.25, -0.2) is 9.78 Å². The summed E-state index contributed by atoms with van der Waals surface area (Å²) < 4.78 is 3.33. The maximum Gasteiger partial charge on any atom is 0.407 e. The van der Waals surface area contributed by atoms with Crippen molar-refractivity contribution in [1.82, 2.24) is 39.6 Å². The number of fused-ring (bicyclic) bond motifs is 1. The van der Waals surface area contributed by atoms with E-state index in [1.54, 1.807) is 33.6 Å². The van der Waals surface area contributed by atoms with Gasteiger partial charge in [0.1, 0.15) is 12.2 Å². The molecule has 4 heterocycles. The molecule has 11 nitrogen and oxygen atoms in total. The normalized spacial score (nSPS) is 14.4. The molecule has 39 heavy (non-hydrogen) atoms. The molecule has 1 aliphatic rings. The van der Waals surface area contributed by atoms with Crippen molar-refractivity contribution in [3.05, 3.63) is 99.6 Å². The second kappa shape index (κ2) is 9.84. The van der Waals surface area contributed by atoms with E-state index in [0.29, 0.717) is 17.4 Å². The van der Waals surface area contributed by atoms with Crippen molar-refractivity contribution in [2.45, 2.75) is 25.4 Å². The standard InChI is InChI=1S/C27H23ClN8O3/c1-34(27(38)39)14-16-2-4-17(5-3-16)22-13-29-26(31-22)24-9-7-20-10-18(11-25(37)36(20)24)21-12-19(28)6-8-23(21)35-15-30-32-33-35/h2-6,8,10-13,15,24H,7,9,14H2,1H3,(H,29,31)(H,38,39)/t24-/m0/s1. The molecule has 0 saturated carbocycles. The fourth-order valence-corrected chi connectivity index (χ4v) is 5.18. The van der Waals surface area contributed by atoms with Gasteiger partial charge in [0, 0.05) is 35.9 Å². The fraction of sp³-hybridized carbons (Fsp3) is 0.185. The Morgan fingerprint density at radius 2 is 1.97 bits per heavy atom. The van der Waals surface area contributed by atoms with Crippen LogP contribution in [0.15, 0.2) is 71.9 Å². The minimum absolute atomic E-state index is 0.127. The third kappa shape index (κ3) is 4.68. The van der Waals surface area contributed by atoms with E-state index in [2.05, 4.69) is 25.5 Å². The van der Waals surface area contributed by atoms with Crippen molar-refractivity contribution in [3.8, 4) is 28.1 Å². The van der Waals surface area contributed by atoms with Gasteiger partial charge in [-0.15, -0.1) is 5.10 Å². The van der Waals surface area contributed by atoms with Crippen molar-refractivity contribution in [3.63, 3.8) is 0 Å². The first-order chi connectivity index (χ1) is 18.9. The van der Waals surface area contributed by atoms with Crippen LogP contribution in [0.1, 0.15) is 29.5 Å². The van der Waals surface area contributed by atoms with E-state index in [-0.39, 0.29) is 11.6 Å². The van der Waals surface area contributed by atoms with E-state index >= 15 is 0 Å². The highest BCUT2D eigenvalue weighted by atomic mass is 35.5. The van der Waals surface area contributed by atoms with Crippen LogP contribution >= 0.6 is 11.6 Å². The minimum atomic E-state index is -0.975. The first-order valence-corrected chi connectivity index (χ1v) is 12.6. The average molecular weight is 543 g/mol. The summed E-state index contributed by atoms with van der Waals surface area (Å²) in [6.45, 7) is 0.306. The summed E-state index contributed by atoms with van der Waals surface area (Å²) in [5.74, 6) is 0.713. The predicted molar refractivity (Wildman–Crippen MR) is 144 cm³/mol.